The van der Waals surface area contributed by atoms with Crippen molar-refractivity contribution in [2.24, 2.45) is 0 Å². The van der Waals surface area contributed by atoms with Crippen molar-refractivity contribution in [1.29, 1.82) is 0 Å². The van der Waals surface area contributed by atoms with Gasteiger partial charge in [0.25, 0.3) is 6.10 Å². The van der Waals surface area contributed by atoms with Gasteiger partial charge in [0.2, 0.25) is 0 Å². The Balaban J connectivity index is 2.87. The van der Waals surface area contributed by atoms with E-state index in [0.717, 1.165) is 4.90 Å². The molecule has 0 aromatic rings. The molecular weight excluding hydrogens is 340 g/mol. The van der Waals surface area contributed by atoms with E-state index in [-0.39, 0.29) is 30.5 Å². The van der Waals surface area contributed by atoms with Crippen molar-refractivity contribution in [3.63, 3.8) is 0 Å². The molecule has 1 fully saturated rings. The average Bonchev–Trinajstić information content (AvgIpc) is 2.29. The Labute approximate surface area is 138 Å². The van der Waals surface area contributed by atoms with Crippen molar-refractivity contribution in [1.82, 2.24) is 9.80 Å². The van der Waals surface area contributed by atoms with Crippen LogP contribution in [0, 0.1) is 0 Å². The molecule has 1 rings (SSSR count). The van der Waals surface area contributed by atoms with Crippen LogP contribution in [0.25, 0.3) is 0 Å². The quantitative estimate of drug-likeness (QED) is 0.516. The number of hydrogen-bond acceptors (Lipinski definition) is 3. The van der Waals surface area contributed by atoms with E-state index in [1.54, 1.807) is 15.7 Å². The molecule has 0 radical (unpaired) electrons. The second-order valence-corrected chi connectivity index (χ2v) is 7.03. The summed E-state index contributed by atoms with van der Waals surface area (Å²) < 4.78 is 78.7. The summed E-state index contributed by atoms with van der Waals surface area (Å²) in [5, 5.41) is 0. The van der Waals surface area contributed by atoms with Gasteiger partial charge in [-0.3, -0.25) is 0 Å². The maximum Gasteiger partial charge on any atom is 0.434 e. The first-order chi connectivity index (χ1) is 10.5. The lowest BCUT2D eigenvalue weighted by Gasteiger charge is -2.51. The van der Waals surface area contributed by atoms with Crippen LogP contribution in [-0.2, 0) is 4.74 Å². The molecule has 0 spiro atoms. The van der Waals surface area contributed by atoms with Crippen molar-refractivity contribution in [2.45, 2.75) is 56.6 Å². The maximum absolute atomic E-state index is 12.5. The van der Waals surface area contributed by atoms with Crippen molar-refractivity contribution < 1.29 is 35.9 Å². The van der Waals surface area contributed by atoms with Crippen LogP contribution in [0.15, 0.2) is 0 Å². The maximum atomic E-state index is 12.5. The van der Waals surface area contributed by atoms with Gasteiger partial charge in [0.05, 0.1) is 0 Å². The Hall–Kier alpha value is -1.06. The molecule has 1 heterocycles. The summed E-state index contributed by atoms with van der Waals surface area (Å²) in [6.07, 6.45) is -17.2. The highest BCUT2D eigenvalue weighted by atomic mass is 19.4. The largest absolute Gasteiger partial charge is 0.434 e. The van der Waals surface area contributed by atoms with Crippen LogP contribution in [0.2, 0.25) is 0 Å². The van der Waals surface area contributed by atoms with Gasteiger partial charge in [-0.2, -0.15) is 26.3 Å². The molecule has 0 aromatic heterocycles. The van der Waals surface area contributed by atoms with Gasteiger partial charge < -0.3 is 14.5 Å². The molecule has 1 amide bonds. The Kier molecular flexibility index (Phi) is 5.84. The molecule has 0 aliphatic carbocycles. The Morgan fingerprint density at radius 1 is 1.00 bits per heavy atom. The SMILES string of the molecule is BC1CN(C(=O)OC(C(F)(F)F)C(F)(F)F)CC(B)N1C(C)(C)C. The fraction of sp³-hybridized carbons (Fsp3) is 0.917. The number of amides is 1. The van der Waals surface area contributed by atoms with E-state index in [4.69, 9.17) is 0 Å². The highest BCUT2D eigenvalue weighted by Gasteiger charge is 2.60. The van der Waals surface area contributed by atoms with Crippen molar-refractivity contribution in [2.75, 3.05) is 13.1 Å². The number of nitrogens with zero attached hydrogens (tertiary/aromatic N) is 2. The van der Waals surface area contributed by atoms with Gasteiger partial charge in [0.1, 0.15) is 15.7 Å². The minimum atomic E-state index is -5.71. The van der Waals surface area contributed by atoms with E-state index >= 15 is 0 Å². The summed E-state index contributed by atoms with van der Waals surface area (Å²) in [7, 11) is 3.51. The van der Waals surface area contributed by atoms with Crippen LogP contribution in [0.1, 0.15) is 20.8 Å². The Bertz CT molecular complexity index is 440. The molecule has 12 heteroatoms. The van der Waals surface area contributed by atoms with E-state index in [0.29, 0.717) is 0 Å². The van der Waals surface area contributed by atoms with E-state index in [1.807, 2.05) is 20.8 Å². The lowest BCUT2D eigenvalue weighted by Crippen LogP contribution is -2.66. The summed E-state index contributed by atoms with van der Waals surface area (Å²) in [5.74, 6) is -0.479. The molecular formula is C12H20B2F6N2O2. The molecule has 1 saturated heterocycles. The smallest absolute Gasteiger partial charge is 0.426 e. The third-order valence-corrected chi connectivity index (χ3v) is 3.77. The first-order valence-electron chi connectivity index (χ1n) is 7.42. The number of piperazine rings is 1. The first kappa shape index (κ1) is 21.0. The van der Waals surface area contributed by atoms with Gasteiger partial charge in [-0.1, -0.05) is 0 Å². The third kappa shape index (κ3) is 4.97. The zero-order chi connectivity index (χ0) is 19.1. The summed E-state index contributed by atoms with van der Waals surface area (Å²) in [5.41, 5.74) is -0.255. The average molecular weight is 360 g/mol. The minimum absolute atomic E-state index is 0.0110. The second kappa shape index (κ2) is 6.68. The summed E-state index contributed by atoms with van der Waals surface area (Å²) in [4.78, 5) is 14.8. The molecule has 0 saturated carbocycles. The zero-order valence-corrected chi connectivity index (χ0v) is 14.1. The fourth-order valence-electron chi connectivity index (χ4n) is 3.29. The van der Waals surface area contributed by atoms with Crippen LogP contribution < -0.4 is 0 Å². The molecule has 0 bridgehead atoms. The molecule has 4 nitrogen and oxygen atoms in total. The molecule has 2 unspecified atom stereocenters. The van der Waals surface area contributed by atoms with Gasteiger partial charge in [-0.25, -0.2) is 4.79 Å². The fourth-order valence-corrected chi connectivity index (χ4v) is 3.29. The predicted octanol–water partition coefficient (Wildman–Crippen LogP) is 0.951. The predicted molar refractivity (Wildman–Crippen MR) is 80.2 cm³/mol. The van der Waals surface area contributed by atoms with Gasteiger partial charge >= 0.3 is 18.4 Å². The van der Waals surface area contributed by atoms with E-state index in [1.165, 1.54) is 0 Å². The monoisotopic (exact) mass is 360 g/mol. The lowest BCUT2D eigenvalue weighted by atomic mass is 9.79. The Morgan fingerprint density at radius 2 is 1.38 bits per heavy atom. The number of rotatable bonds is 1. The molecule has 1 aliphatic rings. The standard InChI is InChI=1S/C12H20B2F6N2O2/c1-10(2,3)22-6(13)4-21(5-7(22)14)9(23)24-8(11(15,16)17)12(18,19)20/h6-8H,4-5,13-14H2,1-3H3. The van der Waals surface area contributed by atoms with E-state index < -0.39 is 24.5 Å². The highest BCUT2D eigenvalue weighted by Crippen LogP contribution is 2.36. The molecule has 2 atom stereocenters. The minimum Gasteiger partial charge on any atom is -0.426 e. The number of halogens is 6. The molecule has 0 N–H and O–H groups in total. The molecule has 0 aromatic carbocycles. The lowest BCUT2D eigenvalue weighted by molar-refractivity contribution is -0.308. The number of ether oxygens (including phenoxy) is 1. The van der Waals surface area contributed by atoms with E-state index in [2.05, 4.69) is 9.64 Å². The molecule has 1 aliphatic heterocycles. The molecule has 24 heavy (non-hydrogen) atoms. The zero-order valence-electron chi connectivity index (χ0n) is 14.1. The van der Waals surface area contributed by atoms with Crippen LogP contribution in [-0.4, -0.2) is 80.6 Å². The highest BCUT2D eigenvalue weighted by molar-refractivity contribution is 6.15. The summed E-state index contributed by atoms with van der Waals surface area (Å²) in [6, 6.07) is 0. The third-order valence-electron chi connectivity index (χ3n) is 3.77. The van der Waals surface area contributed by atoms with Gasteiger partial charge in [-0.05, 0) is 32.7 Å². The number of carbonyl (C=O) groups is 1. The second-order valence-electron chi connectivity index (χ2n) is 7.03. The van der Waals surface area contributed by atoms with Crippen molar-refractivity contribution >= 4 is 21.8 Å². The summed E-state index contributed by atoms with van der Waals surface area (Å²) in [6.45, 7) is 5.80. The summed E-state index contributed by atoms with van der Waals surface area (Å²) >= 11 is 0. The van der Waals surface area contributed by atoms with Crippen LogP contribution in [0.5, 0.6) is 0 Å². The van der Waals surface area contributed by atoms with Gasteiger partial charge in [-0.15, -0.1) is 0 Å². The number of hydrogen-bond donors (Lipinski definition) is 0. The van der Waals surface area contributed by atoms with Crippen molar-refractivity contribution in [3.8, 4) is 0 Å². The van der Waals surface area contributed by atoms with Gasteiger partial charge in [0.15, 0.2) is 0 Å². The normalized spacial score (nSPS) is 24.3. The van der Waals surface area contributed by atoms with E-state index in [9.17, 15) is 31.1 Å². The first-order valence-corrected chi connectivity index (χ1v) is 7.42. The number of carbonyl (C=O) groups excluding carboxylic acids is 1. The number of alkyl halides is 6. The van der Waals surface area contributed by atoms with Gasteiger partial charge in [0, 0.05) is 18.6 Å². The van der Waals surface area contributed by atoms with Crippen molar-refractivity contribution in [3.05, 3.63) is 0 Å². The molecule has 138 valence electrons. The van der Waals surface area contributed by atoms with Crippen LogP contribution in [0.3, 0.4) is 0 Å². The topological polar surface area (TPSA) is 32.8 Å². The Morgan fingerprint density at radius 3 is 1.67 bits per heavy atom. The van der Waals surface area contributed by atoms with Crippen LogP contribution >= 0.6 is 0 Å². The van der Waals surface area contributed by atoms with Crippen LogP contribution in [0.4, 0.5) is 31.1 Å².